The molecule has 6 nitrogen and oxygen atoms in total. The van der Waals surface area contributed by atoms with Crippen LogP contribution in [0.25, 0.3) is 12.2 Å². The Labute approximate surface area is 177 Å². The van der Waals surface area contributed by atoms with Crippen LogP contribution >= 0.6 is 22.7 Å². The molecule has 0 aliphatic heterocycles. The van der Waals surface area contributed by atoms with Crippen molar-refractivity contribution in [3.8, 4) is 0 Å². The summed E-state index contributed by atoms with van der Waals surface area (Å²) < 4.78 is 33.4. The fourth-order valence-corrected chi connectivity index (χ4v) is 4.16. The number of ether oxygens (including phenoxy) is 1. The van der Waals surface area contributed by atoms with Crippen LogP contribution in [-0.2, 0) is 20.9 Å². The van der Waals surface area contributed by atoms with E-state index < -0.39 is 35.6 Å². The van der Waals surface area contributed by atoms with Crippen LogP contribution in [0.2, 0.25) is 0 Å². The molecule has 0 radical (unpaired) electrons. The van der Waals surface area contributed by atoms with E-state index in [-0.39, 0.29) is 17.0 Å². The summed E-state index contributed by atoms with van der Waals surface area (Å²) in [6.45, 7) is 1.34. The zero-order valence-electron chi connectivity index (χ0n) is 15.7. The number of aromatic nitrogens is 1. The number of esters is 1. The summed E-state index contributed by atoms with van der Waals surface area (Å²) in [5.74, 6) is -3.08. The van der Waals surface area contributed by atoms with Gasteiger partial charge in [0.15, 0.2) is 0 Å². The first kappa shape index (κ1) is 21.6. The third-order valence-electron chi connectivity index (χ3n) is 3.81. The van der Waals surface area contributed by atoms with Crippen molar-refractivity contribution in [3.63, 3.8) is 0 Å². The zero-order valence-corrected chi connectivity index (χ0v) is 17.3. The number of thiazole rings is 1. The molecule has 0 spiro atoms. The molecule has 3 rings (SSSR count). The van der Waals surface area contributed by atoms with E-state index in [4.69, 9.17) is 4.74 Å². The Hall–Kier alpha value is -3.11. The molecular formula is C20H16F2N2O4S2. The molecule has 10 heteroatoms. The monoisotopic (exact) mass is 450 g/mol. The number of carbonyl (C=O) groups excluding carboxylic acids is 2. The zero-order chi connectivity index (χ0) is 21.7. The average Bonchev–Trinajstić information content (AvgIpc) is 3.29. The van der Waals surface area contributed by atoms with E-state index in [1.807, 2.05) is 16.8 Å². The molecule has 1 N–H and O–H groups in total. The maximum Gasteiger partial charge on any atom is 0.333 e. The SMILES string of the molecule is CCOC(=O)/C=c1\s/c(=C\c2ccsc2)c(=O)n1CC(=O)Nc1ccc(F)cc1F. The van der Waals surface area contributed by atoms with E-state index in [0.717, 1.165) is 39.7 Å². The summed E-state index contributed by atoms with van der Waals surface area (Å²) in [6.07, 6.45) is 2.78. The number of carbonyl (C=O) groups is 2. The van der Waals surface area contributed by atoms with Gasteiger partial charge in [0.05, 0.1) is 22.9 Å². The lowest BCUT2D eigenvalue weighted by atomic mass is 10.3. The number of nitrogens with one attached hydrogen (secondary N) is 1. The van der Waals surface area contributed by atoms with Crippen molar-refractivity contribution in [3.05, 3.63) is 71.8 Å². The Bertz CT molecular complexity index is 1250. The lowest BCUT2D eigenvalue weighted by Crippen LogP contribution is -2.36. The molecule has 2 heterocycles. The number of rotatable bonds is 6. The van der Waals surface area contributed by atoms with Gasteiger partial charge in [0, 0.05) is 6.07 Å². The van der Waals surface area contributed by atoms with E-state index in [1.54, 1.807) is 13.0 Å². The van der Waals surface area contributed by atoms with Gasteiger partial charge in [-0.3, -0.25) is 14.2 Å². The number of thiophene rings is 1. The van der Waals surface area contributed by atoms with Crippen LogP contribution in [0.4, 0.5) is 14.5 Å². The van der Waals surface area contributed by atoms with Crippen LogP contribution in [0.3, 0.4) is 0 Å². The molecule has 0 bridgehead atoms. The van der Waals surface area contributed by atoms with Gasteiger partial charge in [-0.25, -0.2) is 13.6 Å². The highest BCUT2D eigenvalue weighted by atomic mass is 32.1. The number of hydrogen-bond acceptors (Lipinski definition) is 6. The average molecular weight is 450 g/mol. The number of anilines is 1. The van der Waals surface area contributed by atoms with E-state index in [2.05, 4.69) is 5.32 Å². The maximum atomic E-state index is 13.8. The van der Waals surface area contributed by atoms with Crippen LogP contribution in [0.1, 0.15) is 12.5 Å². The number of amides is 1. The van der Waals surface area contributed by atoms with Crippen LogP contribution in [0.5, 0.6) is 0 Å². The molecule has 0 saturated carbocycles. The molecule has 0 saturated heterocycles. The topological polar surface area (TPSA) is 77.4 Å². The second kappa shape index (κ2) is 9.59. The predicted molar refractivity (Wildman–Crippen MR) is 112 cm³/mol. The van der Waals surface area contributed by atoms with E-state index in [1.165, 1.54) is 11.3 Å². The van der Waals surface area contributed by atoms with E-state index in [9.17, 15) is 23.2 Å². The lowest BCUT2D eigenvalue weighted by Gasteiger charge is -2.07. The van der Waals surface area contributed by atoms with Gasteiger partial charge in [0.25, 0.3) is 5.56 Å². The molecule has 0 aliphatic rings. The van der Waals surface area contributed by atoms with Gasteiger partial charge in [-0.1, -0.05) is 0 Å². The summed E-state index contributed by atoms with van der Waals surface area (Å²) in [5, 5.41) is 6.00. The van der Waals surface area contributed by atoms with Crippen molar-refractivity contribution >= 4 is 52.4 Å². The van der Waals surface area contributed by atoms with Crippen molar-refractivity contribution in [2.75, 3.05) is 11.9 Å². The maximum absolute atomic E-state index is 13.8. The van der Waals surface area contributed by atoms with Crippen molar-refractivity contribution < 1.29 is 23.1 Å². The van der Waals surface area contributed by atoms with E-state index in [0.29, 0.717) is 10.6 Å². The summed E-state index contributed by atoms with van der Waals surface area (Å²) in [5.41, 5.74) is 0.119. The summed E-state index contributed by atoms with van der Waals surface area (Å²) in [6, 6.07) is 4.55. The molecular weight excluding hydrogens is 434 g/mol. The second-order valence-corrected chi connectivity index (χ2v) is 7.81. The summed E-state index contributed by atoms with van der Waals surface area (Å²) in [4.78, 5) is 37.1. The van der Waals surface area contributed by atoms with Gasteiger partial charge in [-0.05, 0) is 47.5 Å². The van der Waals surface area contributed by atoms with Crippen LogP contribution in [0.15, 0.2) is 39.8 Å². The molecule has 1 aromatic carbocycles. The highest BCUT2D eigenvalue weighted by Crippen LogP contribution is 2.14. The van der Waals surface area contributed by atoms with Crippen LogP contribution in [0, 0.1) is 11.6 Å². The van der Waals surface area contributed by atoms with Gasteiger partial charge in [0.1, 0.15) is 22.8 Å². The van der Waals surface area contributed by atoms with Crippen molar-refractivity contribution in [1.29, 1.82) is 0 Å². The fraction of sp³-hybridized carbons (Fsp3) is 0.150. The molecule has 0 aliphatic carbocycles. The molecule has 0 atom stereocenters. The Balaban J connectivity index is 1.97. The number of halogens is 2. The second-order valence-electron chi connectivity index (χ2n) is 5.97. The third-order valence-corrected chi connectivity index (χ3v) is 5.57. The van der Waals surface area contributed by atoms with Crippen LogP contribution in [-0.4, -0.2) is 23.1 Å². The first-order chi connectivity index (χ1) is 14.4. The molecule has 2 aromatic heterocycles. The van der Waals surface area contributed by atoms with Gasteiger partial charge in [-0.2, -0.15) is 11.3 Å². The van der Waals surface area contributed by atoms with Crippen molar-refractivity contribution in [2.24, 2.45) is 0 Å². The normalized spacial score (nSPS) is 12.2. The summed E-state index contributed by atoms with van der Waals surface area (Å²) in [7, 11) is 0. The minimum atomic E-state index is -0.939. The van der Waals surface area contributed by atoms with Crippen molar-refractivity contribution in [2.45, 2.75) is 13.5 Å². The highest BCUT2D eigenvalue weighted by molar-refractivity contribution is 7.08. The standard InChI is InChI=1S/C20H16F2N2O4S2/c1-2-28-19(26)9-18-24(20(27)16(30-18)7-12-5-6-29-11-12)10-17(25)23-15-4-3-13(21)8-14(15)22/h3-9,11H,2,10H2,1H3,(H,23,25)/b16-7-,18-9-. The van der Waals surface area contributed by atoms with Gasteiger partial charge in [0.2, 0.25) is 5.91 Å². The minimum absolute atomic E-state index is 0.156. The molecule has 0 fully saturated rings. The number of hydrogen-bond donors (Lipinski definition) is 1. The lowest BCUT2D eigenvalue weighted by molar-refractivity contribution is -0.135. The largest absolute Gasteiger partial charge is 0.463 e. The molecule has 156 valence electrons. The van der Waals surface area contributed by atoms with Gasteiger partial charge < -0.3 is 10.1 Å². The Morgan fingerprint density at radius 1 is 1.27 bits per heavy atom. The van der Waals surface area contributed by atoms with Gasteiger partial charge >= 0.3 is 5.97 Å². The quantitative estimate of drug-likeness (QED) is 0.584. The van der Waals surface area contributed by atoms with E-state index >= 15 is 0 Å². The third kappa shape index (κ3) is 5.28. The molecule has 0 unspecified atom stereocenters. The molecule has 30 heavy (non-hydrogen) atoms. The fourth-order valence-electron chi connectivity index (χ4n) is 2.51. The molecule has 3 aromatic rings. The first-order valence-electron chi connectivity index (χ1n) is 8.74. The smallest absolute Gasteiger partial charge is 0.333 e. The Morgan fingerprint density at radius 2 is 2.07 bits per heavy atom. The van der Waals surface area contributed by atoms with Gasteiger partial charge in [-0.15, -0.1) is 11.3 Å². The Morgan fingerprint density at radius 3 is 2.73 bits per heavy atom. The highest BCUT2D eigenvalue weighted by Gasteiger charge is 2.13. The number of benzene rings is 1. The summed E-state index contributed by atoms with van der Waals surface area (Å²) >= 11 is 2.49. The molecule has 1 amide bonds. The van der Waals surface area contributed by atoms with Crippen molar-refractivity contribution in [1.82, 2.24) is 4.57 Å². The minimum Gasteiger partial charge on any atom is -0.463 e. The predicted octanol–water partition coefficient (Wildman–Crippen LogP) is 2.06. The first-order valence-corrected chi connectivity index (χ1v) is 10.5. The van der Waals surface area contributed by atoms with Crippen LogP contribution < -0.4 is 20.1 Å². The number of nitrogens with zero attached hydrogens (tertiary/aromatic N) is 1. The Kier molecular flexibility index (Phi) is 6.91.